The topological polar surface area (TPSA) is 127 Å². The zero-order valence-corrected chi connectivity index (χ0v) is 19.1. The fourth-order valence-electron chi connectivity index (χ4n) is 4.06. The maximum absolute atomic E-state index is 14.0. The molecule has 1 aromatic carbocycles. The van der Waals surface area contributed by atoms with E-state index in [1.54, 1.807) is 12.1 Å². The molecule has 176 valence electrons. The normalized spacial score (nSPS) is 18.2. The lowest BCUT2D eigenvalue weighted by Crippen LogP contribution is -2.51. The number of benzene rings is 1. The third kappa shape index (κ3) is 6.31. The number of aromatic nitrogens is 1. The average Bonchev–Trinajstić information content (AvgIpc) is 3.19. The van der Waals surface area contributed by atoms with Crippen LogP contribution < -0.4 is 16.0 Å². The lowest BCUT2D eigenvalue weighted by atomic mass is 9.87. The van der Waals surface area contributed by atoms with Crippen LogP contribution in [0.1, 0.15) is 56.9 Å². The van der Waals surface area contributed by atoms with E-state index in [0.717, 1.165) is 6.42 Å². The van der Waals surface area contributed by atoms with Crippen LogP contribution in [0.3, 0.4) is 0 Å². The fourth-order valence-corrected chi connectivity index (χ4v) is 4.06. The molecular formula is C24H30FN5O3. The summed E-state index contributed by atoms with van der Waals surface area (Å²) < 4.78 is 14.0. The molecule has 33 heavy (non-hydrogen) atoms. The number of piperidine rings is 1. The van der Waals surface area contributed by atoms with E-state index in [4.69, 9.17) is 0 Å². The molecule has 2 unspecified atom stereocenters. The second-order valence-corrected chi connectivity index (χ2v) is 9.73. The zero-order valence-electron chi connectivity index (χ0n) is 19.1. The number of halogens is 1. The van der Waals surface area contributed by atoms with Crippen molar-refractivity contribution in [3.8, 4) is 6.07 Å². The molecule has 3 atom stereocenters. The number of carbonyl (C=O) groups is 3. The third-order valence-electron chi connectivity index (χ3n) is 5.68. The molecule has 8 nitrogen and oxygen atoms in total. The van der Waals surface area contributed by atoms with E-state index in [0.29, 0.717) is 24.8 Å². The molecule has 1 fully saturated rings. The van der Waals surface area contributed by atoms with Gasteiger partial charge in [-0.15, -0.1) is 0 Å². The van der Waals surface area contributed by atoms with Crippen LogP contribution in [0, 0.1) is 28.5 Å². The smallest absolute Gasteiger partial charge is 0.268 e. The molecular weight excluding hydrogens is 425 g/mol. The van der Waals surface area contributed by atoms with E-state index in [1.807, 2.05) is 20.8 Å². The van der Waals surface area contributed by atoms with Gasteiger partial charge in [0.2, 0.25) is 11.8 Å². The summed E-state index contributed by atoms with van der Waals surface area (Å²) in [7, 11) is 0. The van der Waals surface area contributed by atoms with Crippen molar-refractivity contribution in [3.05, 3.63) is 35.8 Å². The van der Waals surface area contributed by atoms with Gasteiger partial charge in [0.25, 0.3) is 5.91 Å². The van der Waals surface area contributed by atoms with Crippen molar-refractivity contribution in [2.45, 2.75) is 58.5 Å². The molecule has 0 bridgehead atoms. The first kappa shape index (κ1) is 24.2. The SMILES string of the molecule is CC(C)(C)CC(NC(=O)c1cc2cccc(F)c2[nH]1)C(=O)N[C@H](C#N)CC1CCCNC1=O. The Balaban J connectivity index is 1.72. The molecule has 2 aromatic rings. The number of para-hydroxylation sites is 1. The minimum absolute atomic E-state index is 0.110. The van der Waals surface area contributed by atoms with Gasteiger partial charge < -0.3 is 20.9 Å². The summed E-state index contributed by atoms with van der Waals surface area (Å²) in [5, 5.41) is 18.3. The predicted molar refractivity (Wildman–Crippen MR) is 121 cm³/mol. The van der Waals surface area contributed by atoms with Gasteiger partial charge in [-0.05, 0) is 43.2 Å². The number of H-pyrrole nitrogens is 1. The van der Waals surface area contributed by atoms with Crippen molar-refractivity contribution >= 4 is 28.6 Å². The fraction of sp³-hybridized carbons (Fsp3) is 0.500. The van der Waals surface area contributed by atoms with E-state index in [9.17, 15) is 24.0 Å². The lowest BCUT2D eigenvalue weighted by Gasteiger charge is -2.28. The molecule has 0 spiro atoms. The van der Waals surface area contributed by atoms with Crippen LogP contribution in [-0.2, 0) is 9.59 Å². The Morgan fingerprint density at radius 3 is 2.70 bits per heavy atom. The molecule has 1 aliphatic rings. The molecule has 0 radical (unpaired) electrons. The van der Waals surface area contributed by atoms with E-state index in [1.165, 1.54) is 12.1 Å². The Kier molecular flexibility index (Phi) is 7.36. The summed E-state index contributed by atoms with van der Waals surface area (Å²) >= 11 is 0. The number of fused-ring (bicyclic) bond motifs is 1. The highest BCUT2D eigenvalue weighted by atomic mass is 19.1. The maximum Gasteiger partial charge on any atom is 0.268 e. The summed E-state index contributed by atoms with van der Waals surface area (Å²) in [6.07, 6.45) is 2.03. The molecule has 2 heterocycles. The summed E-state index contributed by atoms with van der Waals surface area (Å²) in [6, 6.07) is 6.35. The van der Waals surface area contributed by atoms with E-state index in [-0.39, 0.29) is 34.9 Å². The highest BCUT2D eigenvalue weighted by molar-refractivity contribution is 6.00. The first-order valence-corrected chi connectivity index (χ1v) is 11.1. The predicted octanol–water partition coefficient (Wildman–Crippen LogP) is 2.77. The van der Waals surface area contributed by atoms with Gasteiger partial charge in [-0.25, -0.2) is 4.39 Å². The average molecular weight is 456 g/mol. The van der Waals surface area contributed by atoms with Crippen LogP contribution in [0.2, 0.25) is 0 Å². The monoisotopic (exact) mass is 455 g/mol. The van der Waals surface area contributed by atoms with Crippen LogP contribution in [0.4, 0.5) is 4.39 Å². The van der Waals surface area contributed by atoms with Crippen molar-refractivity contribution in [2.24, 2.45) is 11.3 Å². The zero-order chi connectivity index (χ0) is 24.2. The van der Waals surface area contributed by atoms with E-state index in [2.05, 4.69) is 27.0 Å². The summed E-state index contributed by atoms with van der Waals surface area (Å²) in [6.45, 7) is 6.43. The maximum atomic E-state index is 14.0. The van der Waals surface area contributed by atoms with Crippen LogP contribution in [0.5, 0.6) is 0 Å². The minimum atomic E-state index is -0.912. The Labute approximate surface area is 192 Å². The Morgan fingerprint density at radius 2 is 2.06 bits per heavy atom. The van der Waals surface area contributed by atoms with Crippen LogP contribution in [0.15, 0.2) is 24.3 Å². The van der Waals surface area contributed by atoms with Crippen molar-refractivity contribution in [3.63, 3.8) is 0 Å². The third-order valence-corrected chi connectivity index (χ3v) is 5.68. The number of hydrogen-bond donors (Lipinski definition) is 4. The van der Waals surface area contributed by atoms with Crippen molar-refractivity contribution < 1.29 is 18.8 Å². The minimum Gasteiger partial charge on any atom is -0.356 e. The number of hydrogen-bond acceptors (Lipinski definition) is 4. The van der Waals surface area contributed by atoms with Crippen LogP contribution >= 0.6 is 0 Å². The van der Waals surface area contributed by atoms with Gasteiger partial charge in [0.15, 0.2) is 0 Å². The number of amides is 3. The Bertz CT molecular complexity index is 1080. The molecule has 0 saturated carbocycles. The second-order valence-electron chi connectivity index (χ2n) is 9.73. The standard InChI is InChI=1S/C24H30FN5O3/c1-24(2,3)12-19(23(33)28-16(13-26)10-15-7-5-9-27-21(15)31)30-22(32)18-11-14-6-4-8-17(25)20(14)29-18/h4,6,8,11,15-16,19,29H,5,7,9-10,12H2,1-3H3,(H,27,31)(H,28,33)(H,30,32)/t15?,16-,19?/m0/s1. The van der Waals surface area contributed by atoms with E-state index < -0.39 is 29.7 Å². The molecule has 3 rings (SSSR count). The number of nitrogens with zero attached hydrogens (tertiary/aromatic N) is 1. The van der Waals surface area contributed by atoms with Crippen molar-refractivity contribution in [1.29, 1.82) is 5.26 Å². The number of nitriles is 1. The second kappa shape index (κ2) is 10.0. The van der Waals surface area contributed by atoms with Crippen molar-refractivity contribution in [2.75, 3.05) is 6.54 Å². The van der Waals surface area contributed by atoms with Gasteiger partial charge in [0, 0.05) is 17.8 Å². The summed E-state index contributed by atoms with van der Waals surface area (Å²) in [4.78, 5) is 40.7. The number of rotatable bonds is 7. The highest BCUT2D eigenvalue weighted by Gasteiger charge is 2.31. The van der Waals surface area contributed by atoms with E-state index >= 15 is 0 Å². The summed E-state index contributed by atoms with van der Waals surface area (Å²) in [5.41, 5.74) is 0.0556. The number of aromatic amines is 1. The Hall–Kier alpha value is -3.41. The molecule has 1 aromatic heterocycles. The molecule has 4 N–H and O–H groups in total. The number of carbonyl (C=O) groups excluding carboxylic acids is 3. The number of nitrogens with one attached hydrogen (secondary N) is 4. The lowest BCUT2D eigenvalue weighted by molar-refractivity contribution is -0.128. The van der Waals surface area contributed by atoms with Crippen molar-refractivity contribution in [1.82, 2.24) is 20.9 Å². The van der Waals surface area contributed by atoms with Gasteiger partial charge >= 0.3 is 0 Å². The quantitative estimate of drug-likeness (QED) is 0.512. The largest absolute Gasteiger partial charge is 0.356 e. The molecule has 1 aliphatic heterocycles. The Morgan fingerprint density at radius 1 is 1.30 bits per heavy atom. The molecule has 9 heteroatoms. The molecule has 1 saturated heterocycles. The summed E-state index contributed by atoms with van der Waals surface area (Å²) in [5.74, 6) is -1.96. The van der Waals surface area contributed by atoms with Gasteiger partial charge in [0.05, 0.1) is 11.6 Å². The van der Waals surface area contributed by atoms with Gasteiger partial charge in [-0.2, -0.15) is 5.26 Å². The van der Waals surface area contributed by atoms with Gasteiger partial charge in [-0.1, -0.05) is 32.9 Å². The van der Waals surface area contributed by atoms with Crippen LogP contribution in [-0.4, -0.2) is 41.3 Å². The first-order valence-electron chi connectivity index (χ1n) is 11.1. The van der Waals surface area contributed by atoms with Gasteiger partial charge in [0.1, 0.15) is 23.6 Å². The van der Waals surface area contributed by atoms with Crippen LogP contribution in [0.25, 0.3) is 10.9 Å². The first-order chi connectivity index (χ1) is 15.6. The highest BCUT2D eigenvalue weighted by Crippen LogP contribution is 2.23. The van der Waals surface area contributed by atoms with Gasteiger partial charge in [-0.3, -0.25) is 14.4 Å². The molecule has 0 aliphatic carbocycles. The molecule has 3 amide bonds.